The summed E-state index contributed by atoms with van der Waals surface area (Å²) in [5.41, 5.74) is 1.45. The average Bonchev–Trinajstić information content (AvgIpc) is 1.98. The van der Waals surface area contributed by atoms with Crippen molar-refractivity contribution in [3.8, 4) is 0 Å². The fourth-order valence-corrected chi connectivity index (χ4v) is 2.41. The van der Waals surface area contributed by atoms with Crippen molar-refractivity contribution in [2.45, 2.75) is 26.7 Å². The van der Waals surface area contributed by atoms with Crippen LogP contribution in [-0.2, 0) is 15.0 Å². The molecule has 0 aromatic carbocycles. The van der Waals surface area contributed by atoms with Crippen LogP contribution in [-0.4, -0.2) is 25.2 Å². The van der Waals surface area contributed by atoms with E-state index in [1.165, 1.54) is 0 Å². The number of rotatable bonds is 3. The van der Waals surface area contributed by atoms with Gasteiger partial charge in [0.1, 0.15) is 0 Å². The molecule has 0 bridgehead atoms. The third kappa shape index (κ3) is 3.05. The summed E-state index contributed by atoms with van der Waals surface area (Å²) in [5, 5.41) is 8.52. The summed E-state index contributed by atoms with van der Waals surface area (Å²) in [6.07, 6.45) is 0.236. The molecule has 0 spiro atoms. The van der Waals surface area contributed by atoms with Crippen molar-refractivity contribution in [3.05, 3.63) is 11.3 Å². The van der Waals surface area contributed by atoms with Crippen molar-refractivity contribution in [2.24, 2.45) is 4.40 Å². The standard InChI is InChI=1S/C8H12N2O4S/c1-5-7(3-4-8(11)12)6(2)10-15(13,14)9-5/h9H,3-4H2,1-2H3,(H,11,12). The van der Waals surface area contributed by atoms with Gasteiger partial charge in [-0.3, -0.25) is 9.52 Å². The van der Waals surface area contributed by atoms with Crippen molar-refractivity contribution in [3.63, 3.8) is 0 Å². The molecule has 0 aliphatic carbocycles. The van der Waals surface area contributed by atoms with E-state index in [2.05, 4.69) is 9.12 Å². The molecule has 0 saturated heterocycles. The zero-order chi connectivity index (χ0) is 11.6. The topological polar surface area (TPSA) is 95.8 Å². The van der Waals surface area contributed by atoms with Gasteiger partial charge in [0.15, 0.2) is 0 Å². The number of nitrogens with zero attached hydrogens (tertiary/aromatic N) is 1. The molecule has 0 unspecified atom stereocenters. The van der Waals surface area contributed by atoms with Crippen LogP contribution in [0.5, 0.6) is 0 Å². The number of allylic oxidation sites excluding steroid dienone is 2. The van der Waals surface area contributed by atoms with Gasteiger partial charge in [0.2, 0.25) is 0 Å². The predicted molar refractivity (Wildman–Crippen MR) is 54.7 cm³/mol. The summed E-state index contributed by atoms with van der Waals surface area (Å²) in [6.45, 7) is 3.14. The van der Waals surface area contributed by atoms with Crippen LogP contribution in [0.25, 0.3) is 0 Å². The molecule has 15 heavy (non-hydrogen) atoms. The molecular formula is C8H12N2O4S. The molecule has 0 saturated carbocycles. The molecule has 0 amide bonds. The maximum Gasteiger partial charge on any atom is 0.342 e. The molecule has 0 aromatic heterocycles. The lowest BCUT2D eigenvalue weighted by Gasteiger charge is -2.17. The Labute approximate surface area is 87.9 Å². The minimum absolute atomic E-state index is 0.0404. The number of aliphatic carboxylic acids is 1. The lowest BCUT2D eigenvalue weighted by Crippen LogP contribution is -2.28. The van der Waals surface area contributed by atoms with Crippen LogP contribution >= 0.6 is 0 Å². The summed E-state index contributed by atoms with van der Waals surface area (Å²) in [4.78, 5) is 10.4. The minimum Gasteiger partial charge on any atom is -0.481 e. The summed E-state index contributed by atoms with van der Waals surface area (Å²) in [7, 11) is -3.62. The van der Waals surface area contributed by atoms with Gasteiger partial charge in [-0.15, -0.1) is 4.40 Å². The largest absolute Gasteiger partial charge is 0.481 e. The number of hydrogen-bond acceptors (Lipinski definition) is 3. The Morgan fingerprint density at radius 3 is 2.53 bits per heavy atom. The summed E-state index contributed by atoms with van der Waals surface area (Å²) < 4.78 is 27.9. The SMILES string of the molecule is CC1=NS(=O)(=O)NC(C)=C1CCC(=O)O. The third-order valence-electron chi connectivity index (χ3n) is 2.02. The molecule has 2 N–H and O–H groups in total. The fourth-order valence-electron chi connectivity index (χ4n) is 1.38. The highest BCUT2D eigenvalue weighted by Crippen LogP contribution is 2.17. The first-order valence-electron chi connectivity index (χ1n) is 4.33. The molecule has 1 heterocycles. The quantitative estimate of drug-likeness (QED) is 0.737. The Bertz CT molecular complexity index is 447. The van der Waals surface area contributed by atoms with Crippen molar-refractivity contribution in [1.82, 2.24) is 4.72 Å². The zero-order valence-electron chi connectivity index (χ0n) is 8.44. The molecule has 7 heteroatoms. The lowest BCUT2D eigenvalue weighted by atomic mass is 10.0. The smallest absolute Gasteiger partial charge is 0.342 e. The molecule has 0 atom stereocenters. The summed E-state index contributed by atoms with van der Waals surface area (Å²) in [6, 6.07) is 0. The van der Waals surface area contributed by atoms with E-state index >= 15 is 0 Å². The van der Waals surface area contributed by atoms with Gasteiger partial charge in [0.25, 0.3) is 0 Å². The molecule has 1 aliphatic rings. The first-order valence-corrected chi connectivity index (χ1v) is 5.77. The van der Waals surface area contributed by atoms with Gasteiger partial charge in [-0.1, -0.05) is 0 Å². The van der Waals surface area contributed by atoms with Crippen LogP contribution in [0.1, 0.15) is 26.7 Å². The molecule has 6 nitrogen and oxygen atoms in total. The maximum absolute atomic E-state index is 11.1. The van der Waals surface area contributed by atoms with Crippen LogP contribution in [0.2, 0.25) is 0 Å². The van der Waals surface area contributed by atoms with E-state index < -0.39 is 16.2 Å². The first kappa shape index (κ1) is 11.7. The van der Waals surface area contributed by atoms with Crippen molar-refractivity contribution < 1.29 is 18.3 Å². The number of carboxylic acids is 1. The molecular weight excluding hydrogens is 220 g/mol. The van der Waals surface area contributed by atoms with Gasteiger partial charge in [-0.2, -0.15) is 8.42 Å². The number of carbonyl (C=O) groups is 1. The number of nitrogens with one attached hydrogen (secondary N) is 1. The van der Waals surface area contributed by atoms with Crippen molar-refractivity contribution >= 4 is 21.9 Å². The Morgan fingerprint density at radius 2 is 2.07 bits per heavy atom. The van der Waals surface area contributed by atoms with Gasteiger partial charge in [0, 0.05) is 12.1 Å². The molecule has 84 valence electrons. The molecule has 1 rings (SSSR count). The molecule has 1 aliphatic heterocycles. The second kappa shape index (κ2) is 4.01. The van der Waals surface area contributed by atoms with Crippen LogP contribution in [0, 0.1) is 0 Å². The Balaban J connectivity index is 2.91. The normalized spacial score (nSPS) is 19.5. The zero-order valence-corrected chi connectivity index (χ0v) is 9.26. The van der Waals surface area contributed by atoms with Gasteiger partial charge in [-0.25, -0.2) is 0 Å². The van der Waals surface area contributed by atoms with E-state index in [0.717, 1.165) is 0 Å². The highest BCUT2D eigenvalue weighted by Gasteiger charge is 2.20. The summed E-state index contributed by atoms with van der Waals surface area (Å²) >= 11 is 0. The lowest BCUT2D eigenvalue weighted by molar-refractivity contribution is -0.136. The maximum atomic E-state index is 11.1. The fraction of sp³-hybridized carbons (Fsp3) is 0.500. The van der Waals surface area contributed by atoms with E-state index in [0.29, 0.717) is 17.0 Å². The van der Waals surface area contributed by atoms with Crippen LogP contribution < -0.4 is 4.72 Å². The predicted octanol–water partition coefficient (Wildman–Crippen LogP) is 0.434. The Kier molecular flexibility index (Phi) is 3.13. The molecule has 0 radical (unpaired) electrons. The van der Waals surface area contributed by atoms with Crippen LogP contribution in [0.15, 0.2) is 15.7 Å². The van der Waals surface area contributed by atoms with E-state index in [-0.39, 0.29) is 12.8 Å². The van der Waals surface area contributed by atoms with Gasteiger partial charge >= 0.3 is 16.2 Å². The highest BCUT2D eigenvalue weighted by molar-refractivity contribution is 7.88. The van der Waals surface area contributed by atoms with Gasteiger partial charge in [-0.05, 0) is 25.8 Å². The number of carboxylic acid groups (broad SMARTS) is 1. The van der Waals surface area contributed by atoms with E-state index in [1.807, 2.05) is 0 Å². The van der Waals surface area contributed by atoms with Gasteiger partial charge in [0.05, 0.1) is 5.71 Å². The Hall–Kier alpha value is -1.37. The minimum atomic E-state index is -3.62. The molecule has 0 aromatic rings. The number of hydrogen-bond donors (Lipinski definition) is 2. The second-order valence-electron chi connectivity index (χ2n) is 3.25. The third-order valence-corrected chi connectivity index (χ3v) is 3.10. The Morgan fingerprint density at radius 1 is 1.47 bits per heavy atom. The van der Waals surface area contributed by atoms with E-state index in [9.17, 15) is 13.2 Å². The summed E-state index contributed by atoms with van der Waals surface area (Å²) in [5.74, 6) is -0.920. The highest BCUT2D eigenvalue weighted by atomic mass is 32.2. The molecule has 0 fully saturated rings. The second-order valence-corrected chi connectivity index (χ2v) is 4.59. The average molecular weight is 232 g/mol. The van der Waals surface area contributed by atoms with Crippen molar-refractivity contribution in [2.75, 3.05) is 0 Å². The van der Waals surface area contributed by atoms with E-state index in [4.69, 9.17) is 5.11 Å². The van der Waals surface area contributed by atoms with Crippen LogP contribution in [0.3, 0.4) is 0 Å². The van der Waals surface area contributed by atoms with Crippen LogP contribution in [0.4, 0.5) is 0 Å². The van der Waals surface area contributed by atoms with E-state index in [1.54, 1.807) is 13.8 Å². The monoisotopic (exact) mass is 232 g/mol. The van der Waals surface area contributed by atoms with Gasteiger partial charge < -0.3 is 5.11 Å². The first-order chi connectivity index (χ1) is 6.82. The van der Waals surface area contributed by atoms with Crippen molar-refractivity contribution in [1.29, 1.82) is 0 Å².